The molecule has 0 bridgehead atoms. The molecule has 0 spiro atoms. The van der Waals surface area contributed by atoms with Gasteiger partial charge >= 0.3 is 5.97 Å². The van der Waals surface area contributed by atoms with Crippen molar-refractivity contribution in [1.82, 2.24) is 5.32 Å². The molecule has 0 fully saturated rings. The lowest BCUT2D eigenvalue weighted by molar-refractivity contribution is 0.0601. The van der Waals surface area contributed by atoms with Crippen molar-refractivity contribution in [3.05, 3.63) is 64.2 Å². The van der Waals surface area contributed by atoms with Gasteiger partial charge in [-0.2, -0.15) is 11.8 Å². The number of rotatable bonds is 7. The summed E-state index contributed by atoms with van der Waals surface area (Å²) in [5.74, 6) is 1.48. The Balaban J connectivity index is 1.77. The molecule has 0 aromatic heterocycles. The molecule has 2 aromatic carbocycles. The van der Waals surface area contributed by atoms with E-state index in [-0.39, 0.29) is 0 Å². The SMILES string of the molecule is COC(=O)c1ccc(Cl)c(NC(=S)NCCSCc2ccccc2C)c1. The van der Waals surface area contributed by atoms with Gasteiger partial charge in [0.05, 0.1) is 23.4 Å². The highest BCUT2D eigenvalue weighted by Crippen LogP contribution is 2.23. The van der Waals surface area contributed by atoms with Gasteiger partial charge in [0.15, 0.2) is 5.11 Å². The number of methoxy groups -OCH3 is 1. The van der Waals surface area contributed by atoms with Crippen LogP contribution >= 0.6 is 35.6 Å². The molecule has 0 heterocycles. The van der Waals surface area contributed by atoms with Crippen molar-refractivity contribution in [1.29, 1.82) is 0 Å². The Morgan fingerprint density at radius 2 is 2.04 bits per heavy atom. The number of aryl methyl sites for hydroxylation is 1. The van der Waals surface area contributed by atoms with Crippen LogP contribution in [0.1, 0.15) is 21.5 Å². The minimum Gasteiger partial charge on any atom is -0.465 e. The zero-order chi connectivity index (χ0) is 18.9. The molecule has 2 N–H and O–H groups in total. The quantitative estimate of drug-likeness (QED) is 0.395. The summed E-state index contributed by atoms with van der Waals surface area (Å²) in [7, 11) is 1.34. The number of hydrogen-bond acceptors (Lipinski definition) is 4. The predicted molar refractivity (Wildman–Crippen MR) is 114 cm³/mol. The number of hydrogen-bond donors (Lipinski definition) is 2. The minimum absolute atomic E-state index is 0.413. The predicted octanol–water partition coefficient (Wildman–Crippen LogP) is 4.65. The van der Waals surface area contributed by atoms with E-state index in [1.807, 2.05) is 11.8 Å². The number of thioether (sulfide) groups is 1. The average Bonchev–Trinajstić information content (AvgIpc) is 2.64. The maximum absolute atomic E-state index is 11.6. The molecule has 26 heavy (non-hydrogen) atoms. The van der Waals surface area contributed by atoms with E-state index >= 15 is 0 Å². The van der Waals surface area contributed by atoms with Crippen molar-refractivity contribution in [3.63, 3.8) is 0 Å². The molecule has 0 aliphatic rings. The lowest BCUT2D eigenvalue weighted by atomic mass is 10.1. The standard InChI is InChI=1S/C19H21ClN2O2S2/c1-13-5-3-4-6-15(13)12-26-10-9-21-19(25)22-17-11-14(18(23)24-2)7-8-16(17)20/h3-8,11H,9-10,12H2,1-2H3,(H2,21,22,25). The van der Waals surface area contributed by atoms with Crippen LogP contribution in [0.3, 0.4) is 0 Å². The van der Waals surface area contributed by atoms with Crippen molar-refractivity contribution < 1.29 is 9.53 Å². The summed E-state index contributed by atoms with van der Waals surface area (Å²) in [4.78, 5) is 11.6. The molecule has 0 amide bonds. The zero-order valence-electron chi connectivity index (χ0n) is 14.7. The van der Waals surface area contributed by atoms with Gasteiger partial charge in [-0.15, -0.1) is 0 Å². The number of carbonyl (C=O) groups is 1. The Labute approximate surface area is 168 Å². The maximum atomic E-state index is 11.6. The van der Waals surface area contributed by atoms with Crippen molar-refractivity contribution in [3.8, 4) is 0 Å². The van der Waals surface area contributed by atoms with E-state index in [1.165, 1.54) is 18.2 Å². The Kier molecular flexibility index (Phi) is 8.22. The number of nitrogens with one attached hydrogen (secondary N) is 2. The van der Waals surface area contributed by atoms with Crippen LogP contribution in [0.4, 0.5) is 5.69 Å². The second-order valence-corrected chi connectivity index (χ2v) is 7.47. The lowest BCUT2D eigenvalue weighted by Crippen LogP contribution is -2.30. The lowest BCUT2D eigenvalue weighted by Gasteiger charge is -2.13. The summed E-state index contributed by atoms with van der Waals surface area (Å²) in [5.41, 5.74) is 3.64. The molecule has 0 aliphatic heterocycles. The average molecular weight is 409 g/mol. The van der Waals surface area contributed by atoms with Crippen LogP contribution in [-0.4, -0.2) is 30.5 Å². The summed E-state index contributed by atoms with van der Waals surface area (Å²) in [6.07, 6.45) is 0. The highest BCUT2D eigenvalue weighted by molar-refractivity contribution is 7.98. The third kappa shape index (κ3) is 6.20. The second-order valence-electron chi connectivity index (χ2n) is 5.55. The molecule has 0 aliphatic carbocycles. The van der Waals surface area contributed by atoms with E-state index in [9.17, 15) is 4.79 Å². The van der Waals surface area contributed by atoms with Gasteiger partial charge in [0, 0.05) is 18.1 Å². The van der Waals surface area contributed by atoms with E-state index in [2.05, 4.69) is 41.8 Å². The van der Waals surface area contributed by atoms with Gasteiger partial charge in [-0.05, 0) is 48.5 Å². The first-order chi connectivity index (χ1) is 12.5. The van der Waals surface area contributed by atoms with Gasteiger partial charge in [-0.25, -0.2) is 4.79 Å². The molecule has 2 rings (SSSR count). The smallest absolute Gasteiger partial charge is 0.337 e. The second kappa shape index (κ2) is 10.4. The molecule has 4 nitrogen and oxygen atoms in total. The first kappa shape index (κ1) is 20.6. The molecule has 0 saturated carbocycles. The molecule has 7 heteroatoms. The maximum Gasteiger partial charge on any atom is 0.337 e. The topological polar surface area (TPSA) is 50.4 Å². The molecule has 138 valence electrons. The number of esters is 1. The van der Waals surface area contributed by atoms with Crippen LogP contribution in [0.2, 0.25) is 5.02 Å². The van der Waals surface area contributed by atoms with Crippen LogP contribution < -0.4 is 10.6 Å². The third-order valence-corrected chi connectivity index (χ3v) is 5.27. The molecule has 0 unspecified atom stereocenters. The summed E-state index contributed by atoms with van der Waals surface area (Å²) < 4.78 is 4.71. The van der Waals surface area contributed by atoms with Crippen molar-refractivity contribution >= 4 is 52.3 Å². The van der Waals surface area contributed by atoms with E-state index in [0.717, 1.165) is 18.1 Å². The molecule has 0 saturated heterocycles. The largest absolute Gasteiger partial charge is 0.465 e. The van der Waals surface area contributed by atoms with Crippen LogP contribution in [0, 0.1) is 6.92 Å². The number of benzene rings is 2. The fourth-order valence-corrected chi connectivity index (χ4v) is 3.53. The Morgan fingerprint density at radius 3 is 2.77 bits per heavy atom. The van der Waals surface area contributed by atoms with E-state index in [1.54, 1.807) is 18.2 Å². The van der Waals surface area contributed by atoms with Crippen LogP contribution in [0.5, 0.6) is 0 Å². The van der Waals surface area contributed by atoms with Gasteiger partial charge < -0.3 is 15.4 Å². The fourth-order valence-electron chi connectivity index (χ4n) is 2.22. The number of halogens is 1. The fraction of sp³-hybridized carbons (Fsp3) is 0.263. The molecular formula is C19H21ClN2O2S2. The Morgan fingerprint density at radius 1 is 1.27 bits per heavy atom. The molecule has 0 radical (unpaired) electrons. The van der Waals surface area contributed by atoms with Gasteiger partial charge in [-0.3, -0.25) is 0 Å². The van der Waals surface area contributed by atoms with Crippen LogP contribution in [0.25, 0.3) is 0 Å². The van der Waals surface area contributed by atoms with E-state index < -0.39 is 5.97 Å². The number of ether oxygens (including phenoxy) is 1. The Hall–Kier alpha value is -1.76. The van der Waals surface area contributed by atoms with Crippen molar-refractivity contribution in [2.45, 2.75) is 12.7 Å². The summed E-state index contributed by atoms with van der Waals surface area (Å²) in [5, 5.41) is 7.11. The van der Waals surface area contributed by atoms with Crippen LogP contribution in [0.15, 0.2) is 42.5 Å². The normalized spacial score (nSPS) is 10.3. The monoisotopic (exact) mass is 408 g/mol. The van der Waals surface area contributed by atoms with E-state index in [4.69, 9.17) is 28.6 Å². The van der Waals surface area contributed by atoms with Gasteiger partial charge in [0.2, 0.25) is 0 Å². The first-order valence-corrected chi connectivity index (χ1v) is 10.0. The molecular weight excluding hydrogens is 388 g/mol. The Bertz CT molecular complexity index is 784. The summed E-state index contributed by atoms with van der Waals surface area (Å²) in [6.45, 7) is 2.86. The first-order valence-electron chi connectivity index (χ1n) is 8.06. The van der Waals surface area contributed by atoms with Gasteiger partial charge in [-0.1, -0.05) is 35.9 Å². The highest BCUT2D eigenvalue weighted by Gasteiger charge is 2.10. The summed E-state index contributed by atoms with van der Waals surface area (Å²) in [6, 6.07) is 13.3. The van der Waals surface area contributed by atoms with Gasteiger partial charge in [0.25, 0.3) is 0 Å². The van der Waals surface area contributed by atoms with E-state index in [0.29, 0.717) is 21.4 Å². The number of carbonyl (C=O) groups excluding carboxylic acids is 1. The molecule has 2 aromatic rings. The number of thiocarbonyl (C=S) groups is 1. The summed E-state index contributed by atoms with van der Waals surface area (Å²) >= 11 is 13.3. The third-order valence-electron chi connectivity index (χ3n) is 3.69. The minimum atomic E-state index is -0.420. The number of anilines is 1. The zero-order valence-corrected chi connectivity index (χ0v) is 17.1. The van der Waals surface area contributed by atoms with Crippen LogP contribution in [-0.2, 0) is 10.5 Å². The van der Waals surface area contributed by atoms with Crippen molar-refractivity contribution in [2.24, 2.45) is 0 Å². The van der Waals surface area contributed by atoms with Crippen molar-refractivity contribution in [2.75, 3.05) is 24.7 Å². The highest BCUT2D eigenvalue weighted by atomic mass is 35.5. The molecule has 0 atom stereocenters. The van der Waals surface area contributed by atoms with Gasteiger partial charge in [0.1, 0.15) is 0 Å².